The van der Waals surface area contributed by atoms with E-state index in [4.69, 9.17) is 31.2 Å². The average molecular weight is 990 g/mol. The number of hydrogen-bond acceptors (Lipinski definition) is 10. The molecule has 1 atom stereocenters. The highest BCUT2D eigenvalue weighted by Gasteiger charge is 2.66. The lowest BCUT2D eigenvalue weighted by Crippen LogP contribution is -2.75. The summed E-state index contributed by atoms with van der Waals surface area (Å²) >= 11 is 6.37. The number of aliphatic imine (C=N–C) groups is 1. The zero-order chi connectivity index (χ0) is 49.6. The van der Waals surface area contributed by atoms with E-state index in [9.17, 15) is 18.8 Å². The number of rotatable bonds is 10. The number of nitrogens with zero attached hydrogens (tertiary/aromatic N) is 10. The second-order valence-corrected chi connectivity index (χ2v) is 23.2. The fraction of sp³-hybridized carbons (Fsp3) is 0.582. The third kappa shape index (κ3) is 8.53. The van der Waals surface area contributed by atoms with E-state index in [0.29, 0.717) is 58.6 Å². The maximum atomic E-state index is 14.8. The molecule has 13 nitrogen and oxygen atoms in total. The molecule has 3 saturated carbocycles. The van der Waals surface area contributed by atoms with Crippen molar-refractivity contribution in [2.75, 3.05) is 31.1 Å². The van der Waals surface area contributed by atoms with E-state index in [0.717, 1.165) is 80.7 Å². The van der Waals surface area contributed by atoms with Crippen LogP contribution in [0.15, 0.2) is 60.0 Å². The first-order chi connectivity index (χ1) is 34.0. The van der Waals surface area contributed by atoms with Crippen molar-refractivity contribution < 1.29 is 23.0 Å². The fourth-order valence-corrected chi connectivity index (χ4v) is 14.7. The van der Waals surface area contributed by atoms with Crippen LogP contribution in [-0.2, 0) is 36.0 Å². The maximum absolute atomic E-state index is 14.8. The van der Waals surface area contributed by atoms with Crippen molar-refractivity contribution in [3.05, 3.63) is 88.0 Å². The zero-order valence-corrected chi connectivity index (χ0v) is 42.7. The van der Waals surface area contributed by atoms with Gasteiger partial charge in [0.2, 0.25) is 12.3 Å². The standard InChI is InChI=1S/C55H67ClF2N10O3/c1-34(69)65-24-16-46-44(33-65)49(66-20-7-9-35-25-42(37-31-61-63(6)32-37)43(48(57)58)27-47(35)66)62-68(46)39-14-22-64(23-15-39)38-12-17-55(18-13-38)28-41(29-55)71-52-60-19-8-21-67(52)50-53(2,3)51(54(50,4)5)70-40-11-10-36(30-59)45(56)26-40/h8,10-11,19,21,25-27,31-32,38-39,41,48,50-52H,7,9,12-18,20,22-24,28-29,33H2,1-6H3. The molecule has 71 heavy (non-hydrogen) atoms. The van der Waals surface area contributed by atoms with Gasteiger partial charge in [-0.1, -0.05) is 39.3 Å². The van der Waals surface area contributed by atoms with Crippen molar-refractivity contribution in [3.8, 4) is 22.9 Å². The number of halogens is 3. The van der Waals surface area contributed by atoms with Gasteiger partial charge in [0, 0.05) is 116 Å². The molecule has 0 radical (unpaired) electrons. The summed E-state index contributed by atoms with van der Waals surface area (Å²) in [5.41, 5.74) is 5.58. The topological polar surface area (TPSA) is 120 Å². The van der Waals surface area contributed by atoms with E-state index in [1.165, 1.54) is 31.4 Å². The summed E-state index contributed by atoms with van der Waals surface area (Å²) in [5, 5.41) is 19.4. The number of nitriles is 1. The largest absolute Gasteiger partial charge is 0.489 e. The van der Waals surface area contributed by atoms with Crippen molar-refractivity contribution in [2.45, 2.75) is 155 Å². The molecule has 2 aromatic heterocycles. The number of allylic oxidation sites excluding steroid dienone is 1. The lowest BCUT2D eigenvalue weighted by atomic mass is 9.49. The number of anilines is 2. The fourth-order valence-electron chi connectivity index (χ4n) is 14.4. The number of carbonyl (C=O) groups excluding carboxylic acids is 1. The van der Waals surface area contributed by atoms with Crippen molar-refractivity contribution in [3.63, 3.8) is 0 Å². The van der Waals surface area contributed by atoms with Crippen LogP contribution in [0.25, 0.3) is 11.1 Å². The van der Waals surface area contributed by atoms with E-state index in [1.54, 1.807) is 49.2 Å². The molecule has 1 amide bonds. The minimum atomic E-state index is -2.65. The molecule has 16 heteroatoms. The molecule has 4 aliphatic heterocycles. The molecule has 6 heterocycles. The van der Waals surface area contributed by atoms with Crippen LogP contribution in [0, 0.1) is 27.6 Å². The third-order valence-electron chi connectivity index (χ3n) is 17.6. The lowest BCUT2D eigenvalue weighted by molar-refractivity contribution is -0.244. The van der Waals surface area contributed by atoms with Gasteiger partial charge in [0.05, 0.1) is 41.5 Å². The van der Waals surface area contributed by atoms with E-state index in [2.05, 4.69) is 64.4 Å². The van der Waals surface area contributed by atoms with Gasteiger partial charge in [-0.05, 0) is 111 Å². The number of likely N-dealkylation sites (tertiary alicyclic amines) is 1. The second kappa shape index (κ2) is 18.3. The number of benzene rings is 2. The molecule has 3 aliphatic carbocycles. The number of carbonyl (C=O) groups is 1. The number of ether oxygens (including phenoxy) is 2. The first-order valence-corrected chi connectivity index (χ1v) is 26.2. The van der Waals surface area contributed by atoms with E-state index in [1.807, 2.05) is 29.3 Å². The summed E-state index contributed by atoms with van der Waals surface area (Å²) in [6, 6.07) is 11.9. The number of alkyl halides is 2. The van der Waals surface area contributed by atoms with Gasteiger partial charge >= 0.3 is 0 Å². The molecule has 376 valence electrons. The van der Waals surface area contributed by atoms with Crippen LogP contribution < -0.4 is 9.64 Å². The Morgan fingerprint density at radius 1 is 0.972 bits per heavy atom. The molecule has 4 fully saturated rings. The van der Waals surface area contributed by atoms with Crippen LogP contribution in [0.3, 0.4) is 0 Å². The van der Waals surface area contributed by atoms with Crippen LogP contribution in [0.1, 0.15) is 133 Å². The van der Waals surface area contributed by atoms with Gasteiger partial charge in [0.1, 0.15) is 17.9 Å². The van der Waals surface area contributed by atoms with Gasteiger partial charge in [-0.2, -0.15) is 15.5 Å². The molecule has 4 aromatic rings. The number of aromatic nitrogens is 4. The first-order valence-electron chi connectivity index (χ1n) is 25.8. The summed E-state index contributed by atoms with van der Waals surface area (Å²) in [5.74, 6) is 1.51. The SMILES string of the molecule is CC(=O)N1CCc2c(c(N3CCCc4cc(-c5cnn(C)c5)c(C(F)F)cc43)nn2C2CCN(C3CCC4(CC3)CC(OC3N=CC=CN3C3C(C)(C)C(Oc5ccc(C#N)c(Cl)c5)C3(C)C)C4)CC2)C1. The molecule has 2 aromatic carbocycles. The summed E-state index contributed by atoms with van der Waals surface area (Å²) in [6.07, 6.45) is 17.8. The molecule has 1 unspecified atom stereocenters. The Morgan fingerprint density at radius 3 is 2.41 bits per heavy atom. The predicted molar refractivity (Wildman–Crippen MR) is 270 cm³/mol. The Kier molecular flexibility index (Phi) is 12.4. The Hall–Kier alpha value is -5.30. The Morgan fingerprint density at radius 2 is 1.73 bits per heavy atom. The first kappa shape index (κ1) is 48.0. The van der Waals surface area contributed by atoms with E-state index in [-0.39, 0.29) is 46.6 Å². The van der Waals surface area contributed by atoms with Gasteiger partial charge in [0.25, 0.3) is 6.43 Å². The maximum Gasteiger partial charge on any atom is 0.264 e. The number of hydrogen-bond donors (Lipinski definition) is 0. The van der Waals surface area contributed by atoms with Gasteiger partial charge in [-0.25, -0.2) is 13.8 Å². The highest BCUT2D eigenvalue weighted by atomic mass is 35.5. The van der Waals surface area contributed by atoms with Crippen LogP contribution in [0.2, 0.25) is 5.02 Å². The van der Waals surface area contributed by atoms with Crippen molar-refractivity contribution >= 4 is 35.2 Å². The minimum Gasteiger partial charge on any atom is -0.489 e. The quantitative estimate of drug-likeness (QED) is 0.153. The van der Waals surface area contributed by atoms with Gasteiger partial charge in [0.15, 0.2) is 5.82 Å². The average Bonchev–Trinajstić information content (AvgIpc) is 3.96. The van der Waals surface area contributed by atoms with Crippen molar-refractivity contribution in [1.82, 2.24) is 34.3 Å². The molecular weight excluding hydrogens is 922 g/mol. The summed E-state index contributed by atoms with van der Waals surface area (Å²) in [4.78, 5) is 26.7. The molecule has 0 bridgehead atoms. The Bertz CT molecular complexity index is 2770. The Labute approximate surface area is 421 Å². The molecule has 1 saturated heterocycles. The Balaban J connectivity index is 0.718. The lowest BCUT2D eigenvalue weighted by Gasteiger charge is -2.66. The molecule has 0 N–H and O–H groups in total. The van der Waals surface area contributed by atoms with Crippen LogP contribution in [0.5, 0.6) is 5.75 Å². The minimum absolute atomic E-state index is 0.000240. The summed E-state index contributed by atoms with van der Waals surface area (Å²) in [6.45, 7) is 14.5. The molecule has 7 aliphatic rings. The zero-order valence-electron chi connectivity index (χ0n) is 42.0. The van der Waals surface area contributed by atoms with Crippen LogP contribution >= 0.6 is 11.6 Å². The van der Waals surface area contributed by atoms with Gasteiger partial charge in [-0.15, -0.1) is 0 Å². The van der Waals surface area contributed by atoms with Crippen LogP contribution in [-0.4, -0.2) is 103 Å². The molecule has 1 spiro atoms. The smallest absolute Gasteiger partial charge is 0.264 e. The van der Waals surface area contributed by atoms with E-state index >= 15 is 0 Å². The predicted octanol–water partition coefficient (Wildman–Crippen LogP) is 10.5. The summed E-state index contributed by atoms with van der Waals surface area (Å²) < 4.78 is 47.0. The molecule has 11 rings (SSSR count). The second-order valence-electron chi connectivity index (χ2n) is 22.8. The highest BCUT2D eigenvalue weighted by molar-refractivity contribution is 6.31. The van der Waals surface area contributed by atoms with Crippen LogP contribution in [0.4, 0.5) is 20.3 Å². The summed E-state index contributed by atoms with van der Waals surface area (Å²) in [7, 11) is 1.80. The molecular formula is C55H67ClF2N10O3. The van der Waals surface area contributed by atoms with Gasteiger partial charge in [-0.3, -0.25) is 14.2 Å². The highest BCUT2D eigenvalue weighted by Crippen LogP contribution is 2.60. The number of piperidine rings is 1. The number of fused-ring (bicyclic) bond motifs is 2. The van der Waals surface area contributed by atoms with Gasteiger partial charge < -0.3 is 29.1 Å². The normalized spacial score (nSPS) is 28.1. The van der Waals surface area contributed by atoms with Crippen molar-refractivity contribution in [1.29, 1.82) is 5.26 Å². The number of aryl methyl sites for hydroxylation is 2. The van der Waals surface area contributed by atoms with Crippen molar-refractivity contribution in [2.24, 2.45) is 28.3 Å². The van der Waals surface area contributed by atoms with E-state index < -0.39 is 12.8 Å². The number of amides is 1. The monoisotopic (exact) mass is 989 g/mol. The third-order valence-corrected chi connectivity index (χ3v) is 17.9.